The van der Waals surface area contributed by atoms with E-state index in [1.807, 2.05) is 17.9 Å². The fraction of sp³-hybridized carbons (Fsp3) is 0.346. The maximum Gasteiger partial charge on any atom is 0.416 e. The van der Waals surface area contributed by atoms with Gasteiger partial charge in [0.1, 0.15) is 5.84 Å². The zero-order valence-corrected chi connectivity index (χ0v) is 21.3. The monoisotopic (exact) mass is 568 g/mol. The first-order valence-electron chi connectivity index (χ1n) is 12.0. The first kappa shape index (κ1) is 27.3. The number of hydrogen-bond acceptors (Lipinski definition) is 5. The van der Waals surface area contributed by atoms with Crippen molar-refractivity contribution in [3.05, 3.63) is 69.8 Å². The topological polar surface area (TPSA) is 59.7 Å². The maximum absolute atomic E-state index is 13.6. The fourth-order valence-corrected chi connectivity index (χ4v) is 5.44. The van der Waals surface area contributed by atoms with Crippen LogP contribution < -0.4 is 0 Å². The van der Waals surface area contributed by atoms with Crippen molar-refractivity contribution >= 4 is 39.8 Å². The van der Waals surface area contributed by atoms with Crippen molar-refractivity contribution in [2.24, 2.45) is 4.99 Å². The second kappa shape index (κ2) is 10.3. The molecule has 3 heterocycles. The molecule has 0 N–H and O–H groups in total. The van der Waals surface area contributed by atoms with Crippen molar-refractivity contribution in [1.82, 2.24) is 14.7 Å². The van der Waals surface area contributed by atoms with Crippen molar-refractivity contribution in [3.8, 4) is 0 Å². The lowest BCUT2D eigenvalue weighted by Gasteiger charge is -2.18. The van der Waals surface area contributed by atoms with Crippen LogP contribution >= 0.6 is 11.8 Å². The molecule has 206 valence electrons. The molecule has 1 fully saturated rings. The summed E-state index contributed by atoms with van der Waals surface area (Å²) in [6.07, 6.45) is -5.60. The minimum absolute atomic E-state index is 0.0735. The van der Waals surface area contributed by atoms with E-state index in [0.717, 1.165) is 29.8 Å². The smallest absolute Gasteiger partial charge is 0.377 e. The second-order valence-electron chi connectivity index (χ2n) is 9.14. The average molecular weight is 569 g/mol. The molecule has 1 amide bonds. The zero-order chi connectivity index (χ0) is 27.9. The fourth-order valence-electron chi connectivity index (χ4n) is 4.66. The van der Waals surface area contributed by atoms with Crippen LogP contribution in [0, 0.1) is 0 Å². The molecular formula is C26H22F6N4O2S. The lowest BCUT2D eigenvalue weighted by Crippen LogP contribution is -2.29. The molecule has 13 heteroatoms. The molecule has 0 aliphatic carbocycles. The third-order valence-corrected chi connectivity index (χ3v) is 7.20. The van der Waals surface area contributed by atoms with Gasteiger partial charge in [-0.15, -0.1) is 0 Å². The van der Waals surface area contributed by atoms with E-state index in [4.69, 9.17) is 4.74 Å². The molecule has 0 spiro atoms. The van der Waals surface area contributed by atoms with Gasteiger partial charge < -0.3 is 9.64 Å². The summed E-state index contributed by atoms with van der Waals surface area (Å²) in [4.78, 5) is 19.0. The van der Waals surface area contributed by atoms with Crippen molar-refractivity contribution in [3.63, 3.8) is 0 Å². The van der Waals surface area contributed by atoms with Gasteiger partial charge in [0.05, 0.1) is 34.2 Å². The normalized spacial score (nSPS) is 19.5. The van der Waals surface area contributed by atoms with Gasteiger partial charge in [0.15, 0.2) is 0 Å². The predicted octanol–water partition coefficient (Wildman–Crippen LogP) is 6.84. The van der Waals surface area contributed by atoms with E-state index in [9.17, 15) is 31.1 Å². The third-order valence-electron chi connectivity index (χ3n) is 6.41. The van der Waals surface area contributed by atoms with Crippen molar-refractivity contribution in [2.45, 2.75) is 38.3 Å². The molecule has 2 aliphatic heterocycles. The lowest BCUT2D eigenvalue weighted by molar-refractivity contribution is -0.143. The lowest BCUT2D eigenvalue weighted by atomic mass is 10.0. The van der Waals surface area contributed by atoms with Crippen LogP contribution in [-0.4, -0.2) is 51.6 Å². The van der Waals surface area contributed by atoms with Crippen LogP contribution in [0.1, 0.15) is 35.6 Å². The van der Waals surface area contributed by atoms with Crippen LogP contribution in [0.4, 0.5) is 31.1 Å². The quantitative estimate of drug-likeness (QED) is 0.316. The number of benzene rings is 2. The largest absolute Gasteiger partial charge is 0.416 e. The Labute approximate surface area is 223 Å². The molecule has 3 aromatic rings. The van der Waals surface area contributed by atoms with Gasteiger partial charge in [-0.3, -0.25) is 9.48 Å². The van der Waals surface area contributed by atoms with E-state index in [0.29, 0.717) is 47.4 Å². The highest BCUT2D eigenvalue weighted by Crippen LogP contribution is 2.38. The Bertz CT molecular complexity index is 1480. The van der Waals surface area contributed by atoms with Gasteiger partial charge in [0.2, 0.25) is 0 Å². The van der Waals surface area contributed by atoms with Crippen molar-refractivity contribution in [1.29, 1.82) is 0 Å². The number of likely N-dealkylation sites (tertiary alicyclic amines) is 1. The second-order valence-corrected chi connectivity index (χ2v) is 10.1. The van der Waals surface area contributed by atoms with E-state index in [1.54, 1.807) is 18.2 Å². The van der Waals surface area contributed by atoms with Gasteiger partial charge in [0.25, 0.3) is 0 Å². The third kappa shape index (κ3) is 5.98. The number of hydrogen-bond donors (Lipinski definition) is 0. The van der Waals surface area contributed by atoms with Gasteiger partial charge in [-0.2, -0.15) is 36.4 Å². The first-order valence-corrected chi connectivity index (χ1v) is 12.9. The number of carbonyl (C=O) groups excluding carboxylic acids is 1. The molecule has 39 heavy (non-hydrogen) atoms. The molecule has 1 saturated heterocycles. The molecule has 0 radical (unpaired) electrons. The number of thioether (sulfide) groups is 1. The van der Waals surface area contributed by atoms with Gasteiger partial charge >= 0.3 is 17.6 Å². The number of amidine groups is 1. The van der Waals surface area contributed by atoms with E-state index in [1.165, 1.54) is 10.9 Å². The molecule has 2 aliphatic rings. The van der Waals surface area contributed by atoms with Gasteiger partial charge in [-0.25, -0.2) is 0 Å². The molecule has 5 rings (SSSR count). The number of fused-ring (bicyclic) bond motifs is 1. The number of halogens is 6. The Morgan fingerprint density at radius 2 is 1.90 bits per heavy atom. The summed E-state index contributed by atoms with van der Waals surface area (Å²) in [6, 6.07) is 6.82. The Balaban J connectivity index is 1.39. The Morgan fingerprint density at radius 3 is 2.62 bits per heavy atom. The van der Waals surface area contributed by atoms with Crippen molar-refractivity contribution < 1.29 is 35.9 Å². The van der Waals surface area contributed by atoms with Crippen LogP contribution in [0.2, 0.25) is 0 Å². The summed E-state index contributed by atoms with van der Waals surface area (Å²) >= 11 is 1.02. The highest BCUT2D eigenvalue weighted by Gasteiger charge is 2.38. The van der Waals surface area contributed by atoms with Crippen LogP contribution in [0.25, 0.3) is 17.0 Å². The zero-order valence-electron chi connectivity index (χ0n) is 20.5. The van der Waals surface area contributed by atoms with Crippen LogP contribution in [0.3, 0.4) is 0 Å². The van der Waals surface area contributed by atoms with Crippen LogP contribution in [0.5, 0.6) is 0 Å². The van der Waals surface area contributed by atoms with Gasteiger partial charge in [-0.05, 0) is 66.6 Å². The van der Waals surface area contributed by atoms with E-state index < -0.39 is 23.5 Å². The van der Waals surface area contributed by atoms with E-state index in [2.05, 4.69) is 10.1 Å². The molecule has 1 atom stereocenters. The van der Waals surface area contributed by atoms with Gasteiger partial charge in [0, 0.05) is 31.3 Å². The maximum atomic E-state index is 13.6. The Hall–Kier alpha value is -3.32. The SMILES string of the molecule is CCOC1CCN(C2=NC(=O)S/C2=C\c2ccc3nn(Cc4ccc(C(F)(F)F)cc4C(F)(F)F)cc3c2)C1. The summed E-state index contributed by atoms with van der Waals surface area (Å²) in [5.41, 5.74) is -1.82. The molecule has 6 nitrogen and oxygen atoms in total. The summed E-state index contributed by atoms with van der Waals surface area (Å²) in [6.45, 7) is 3.51. The molecule has 1 unspecified atom stereocenters. The predicted molar refractivity (Wildman–Crippen MR) is 135 cm³/mol. The average Bonchev–Trinajstić information content (AvgIpc) is 3.56. The number of ether oxygens (including phenoxy) is 1. The summed E-state index contributed by atoms with van der Waals surface area (Å²) in [5, 5.41) is 4.60. The standard InChI is InChI=1S/C26H22F6N4O2S/c1-2-38-19-7-8-35(14-19)23-22(39-24(37)33-23)10-15-3-6-21-17(9-15)13-36(34-21)12-16-4-5-18(25(27,28)29)11-20(16)26(30,31)32/h3-6,9-11,13,19H,2,7-8,12,14H2,1H3/b22-10-. The molecule has 1 aromatic heterocycles. The minimum atomic E-state index is -4.96. The number of nitrogens with zero attached hydrogens (tertiary/aromatic N) is 4. The van der Waals surface area contributed by atoms with E-state index in [-0.39, 0.29) is 29.5 Å². The Kier molecular flexibility index (Phi) is 7.23. The van der Waals surface area contributed by atoms with Gasteiger partial charge in [-0.1, -0.05) is 12.1 Å². The van der Waals surface area contributed by atoms with Crippen molar-refractivity contribution in [2.75, 3.05) is 19.7 Å². The number of alkyl halides is 6. The minimum Gasteiger partial charge on any atom is -0.377 e. The van der Waals surface area contributed by atoms with Crippen LogP contribution in [-0.2, 0) is 23.6 Å². The van der Waals surface area contributed by atoms with Crippen LogP contribution in [0.15, 0.2) is 52.5 Å². The van der Waals surface area contributed by atoms with E-state index >= 15 is 0 Å². The highest BCUT2D eigenvalue weighted by molar-refractivity contribution is 8.18. The summed E-state index contributed by atoms with van der Waals surface area (Å²) in [5.74, 6) is 0.588. The first-order chi connectivity index (χ1) is 18.4. The molecule has 0 saturated carbocycles. The number of amides is 1. The highest BCUT2D eigenvalue weighted by atomic mass is 32.2. The summed E-state index contributed by atoms with van der Waals surface area (Å²) < 4.78 is 86.6. The Morgan fingerprint density at radius 1 is 1.10 bits per heavy atom. The number of carbonyl (C=O) groups is 1. The molecular weight excluding hydrogens is 546 g/mol. The number of aliphatic imine (C=N–C) groups is 1. The molecule has 0 bridgehead atoms. The molecule has 2 aromatic carbocycles. The summed E-state index contributed by atoms with van der Waals surface area (Å²) in [7, 11) is 0. The number of aromatic nitrogens is 2. The number of rotatable bonds is 5.